The standard InChI is InChI=1S/C11H10FN5O3/c12-9-5-7(1-2-13-9)10(18)14-3-4-17-6-8(11(19)20)15-16-17/h1-2,5-6H,3-4H2,(H,14,18)(H,19,20). The molecule has 2 heterocycles. The number of aromatic nitrogens is 4. The van der Waals surface area contributed by atoms with E-state index in [2.05, 4.69) is 20.6 Å². The number of hydrogen-bond donors (Lipinski definition) is 2. The highest BCUT2D eigenvalue weighted by Gasteiger charge is 2.09. The highest BCUT2D eigenvalue weighted by atomic mass is 19.1. The van der Waals surface area contributed by atoms with Crippen LogP contribution < -0.4 is 5.32 Å². The van der Waals surface area contributed by atoms with Crippen molar-refractivity contribution in [2.24, 2.45) is 0 Å². The molecule has 2 aromatic rings. The molecule has 0 aliphatic heterocycles. The van der Waals surface area contributed by atoms with Crippen molar-refractivity contribution in [2.45, 2.75) is 6.54 Å². The summed E-state index contributed by atoms with van der Waals surface area (Å²) in [5.41, 5.74) is -0.0187. The summed E-state index contributed by atoms with van der Waals surface area (Å²) in [6, 6.07) is 2.41. The molecule has 0 fully saturated rings. The summed E-state index contributed by atoms with van der Waals surface area (Å²) >= 11 is 0. The molecular weight excluding hydrogens is 269 g/mol. The normalized spacial score (nSPS) is 10.2. The Morgan fingerprint density at radius 2 is 2.25 bits per heavy atom. The Morgan fingerprint density at radius 3 is 2.90 bits per heavy atom. The molecule has 2 aromatic heterocycles. The van der Waals surface area contributed by atoms with E-state index in [4.69, 9.17) is 5.11 Å². The SMILES string of the molecule is O=C(NCCn1cc(C(=O)O)nn1)c1ccnc(F)c1. The molecule has 0 aromatic carbocycles. The second-order valence-corrected chi connectivity index (χ2v) is 3.80. The summed E-state index contributed by atoms with van der Waals surface area (Å²) < 4.78 is 14.1. The van der Waals surface area contributed by atoms with Gasteiger partial charge in [0.1, 0.15) is 0 Å². The van der Waals surface area contributed by atoms with Gasteiger partial charge in [-0.1, -0.05) is 5.21 Å². The number of carboxylic acids is 1. The highest BCUT2D eigenvalue weighted by molar-refractivity contribution is 5.93. The average Bonchev–Trinajstić information content (AvgIpc) is 2.87. The number of pyridine rings is 1. The van der Waals surface area contributed by atoms with Gasteiger partial charge in [0.05, 0.1) is 12.7 Å². The number of carbonyl (C=O) groups is 2. The minimum absolute atomic E-state index is 0.155. The summed E-state index contributed by atoms with van der Waals surface area (Å²) in [4.78, 5) is 25.6. The van der Waals surface area contributed by atoms with Gasteiger partial charge in [-0.05, 0) is 6.07 Å². The quantitative estimate of drug-likeness (QED) is 0.742. The number of amides is 1. The average molecular weight is 279 g/mol. The van der Waals surface area contributed by atoms with Crippen molar-refractivity contribution in [2.75, 3.05) is 6.54 Å². The van der Waals surface area contributed by atoms with E-state index < -0.39 is 17.8 Å². The van der Waals surface area contributed by atoms with Crippen LogP contribution >= 0.6 is 0 Å². The first kappa shape index (κ1) is 13.6. The van der Waals surface area contributed by atoms with Crippen LogP contribution in [0.3, 0.4) is 0 Å². The Balaban J connectivity index is 1.86. The minimum Gasteiger partial charge on any atom is -0.476 e. The summed E-state index contributed by atoms with van der Waals surface area (Å²) in [7, 11) is 0. The first-order chi connectivity index (χ1) is 9.56. The number of aromatic carboxylic acids is 1. The molecular formula is C11H10FN5O3. The molecule has 0 aliphatic carbocycles. The van der Waals surface area contributed by atoms with Crippen LogP contribution in [0.5, 0.6) is 0 Å². The Labute approximate surface area is 112 Å². The largest absolute Gasteiger partial charge is 0.476 e. The number of hydrogen-bond acceptors (Lipinski definition) is 5. The molecule has 0 saturated carbocycles. The zero-order chi connectivity index (χ0) is 14.5. The first-order valence-corrected chi connectivity index (χ1v) is 5.59. The first-order valence-electron chi connectivity index (χ1n) is 5.59. The summed E-state index contributed by atoms with van der Waals surface area (Å²) in [5, 5.41) is 18.2. The molecule has 2 rings (SSSR count). The van der Waals surface area contributed by atoms with Crippen molar-refractivity contribution in [3.63, 3.8) is 0 Å². The fourth-order valence-corrected chi connectivity index (χ4v) is 1.44. The van der Waals surface area contributed by atoms with E-state index in [1.807, 2.05) is 0 Å². The molecule has 2 N–H and O–H groups in total. The maximum Gasteiger partial charge on any atom is 0.358 e. The van der Waals surface area contributed by atoms with Gasteiger partial charge >= 0.3 is 5.97 Å². The van der Waals surface area contributed by atoms with Gasteiger partial charge in [0.15, 0.2) is 5.69 Å². The lowest BCUT2D eigenvalue weighted by atomic mass is 10.2. The maximum absolute atomic E-state index is 12.8. The van der Waals surface area contributed by atoms with Crippen LogP contribution in [0.25, 0.3) is 0 Å². The Morgan fingerprint density at radius 1 is 1.45 bits per heavy atom. The summed E-state index contributed by atoms with van der Waals surface area (Å²) in [6.07, 6.45) is 2.45. The van der Waals surface area contributed by atoms with Crippen molar-refractivity contribution in [3.8, 4) is 0 Å². The van der Waals surface area contributed by atoms with Crippen LogP contribution in [0.15, 0.2) is 24.5 Å². The lowest BCUT2D eigenvalue weighted by Crippen LogP contribution is -2.27. The van der Waals surface area contributed by atoms with E-state index >= 15 is 0 Å². The van der Waals surface area contributed by atoms with E-state index in [9.17, 15) is 14.0 Å². The van der Waals surface area contributed by atoms with Crippen LogP contribution in [0, 0.1) is 5.95 Å². The molecule has 0 spiro atoms. The van der Waals surface area contributed by atoms with Crippen molar-refractivity contribution >= 4 is 11.9 Å². The van der Waals surface area contributed by atoms with E-state index in [1.54, 1.807) is 0 Å². The van der Waals surface area contributed by atoms with Gasteiger partial charge in [-0.2, -0.15) is 4.39 Å². The van der Waals surface area contributed by atoms with Gasteiger partial charge in [-0.15, -0.1) is 5.10 Å². The molecule has 1 amide bonds. The van der Waals surface area contributed by atoms with Gasteiger partial charge in [-0.25, -0.2) is 14.5 Å². The predicted octanol–water partition coefficient (Wildman–Crippen LogP) is -0.0596. The van der Waals surface area contributed by atoms with Gasteiger partial charge in [0.2, 0.25) is 5.95 Å². The van der Waals surface area contributed by atoms with Crippen LogP contribution in [0.1, 0.15) is 20.8 Å². The van der Waals surface area contributed by atoms with E-state index in [1.165, 1.54) is 23.1 Å². The number of nitrogens with zero attached hydrogens (tertiary/aromatic N) is 4. The number of nitrogens with one attached hydrogen (secondary N) is 1. The van der Waals surface area contributed by atoms with Gasteiger partial charge in [-0.3, -0.25) is 4.79 Å². The molecule has 0 unspecified atom stereocenters. The predicted molar refractivity (Wildman–Crippen MR) is 63.5 cm³/mol. The molecule has 8 nitrogen and oxygen atoms in total. The van der Waals surface area contributed by atoms with Gasteiger partial charge < -0.3 is 10.4 Å². The number of rotatable bonds is 5. The molecule has 0 atom stereocenters. The van der Waals surface area contributed by atoms with Crippen LogP contribution in [-0.2, 0) is 6.54 Å². The monoisotopic (exact) mass is 279 g/mol. The minimum atomic E-state index is -1.17. The zero-order valence-electron chi connectivity index (χ0n) is 10.2. The van der Waals surface area contributed by atoms with E-state index in [0.717, 1.165) is 6.07 Å². The third-order valence-corrected chi connectivity index (χ3v) is 2.37. The number of carbonyl (C=O) groups excluding carboxylic acids is 1. The molecule has 9 heteroatoms. The summed E-state index contributed by atoms with van der Waals surface area (Å²) in [6.45, 7) is 0.449. The molecule has 20 heavy (non-hydrogen) atoms. The molecule has 104 valence electrons. The van der Waals surface area contributed by atoms with E-state index in [0.29, 0.717) is 0 Å². The summed E-state index contributed by atoms with van der Waals surface area (Å²) in [5.74, 6) is -2.36. The lowest BCUT2D eigenvalue weighted by Gasteiger charge is -2.04. The number of halogens is 1. The van der Waals surface area contributed by atoms with Crippen LogP contribution in [-0.4, -0.2) is 43.5 Å². The number of carboxylic acid groups (broad SMARTS) is 1. The molecule has 0 aliphatic rings. The third kappa shape index (κ3) is 3.34. The van der Waals surface area contributed by atoms with Crippen LogP contribution in [0.4, 0.5) is 4.39 Å². The Bertz CT molecular complexity index is 642. The Kier molecular flexibility index (Phi) is 3.99. The van der Waals surface area contributed by atoms with Crippen molar-refractivity contribution in [3.05, 3.63) is 41.7 Å². The highest BCUT2D eigenvalue weighted by Crippen LogP contribution is 2.00. The zero-order valence-corrected chi connectivity index (χ0v) is 10.2. The third-order valence-electron chi connectivity index (χ3n) is 2.37. The van der Waals surface area contributed by atoms with Crippen molar-refractivity contribution in [1.82, 2.24) is 25.3 Å². The van der Waals surface area contributed by atoms with E-state index in [-0.39, 0.29) is 24.3 Å². The lowest BCUT2D eigenvalue weighted by molar-refractivity contribution is 0.0690. The second-order valence-electron chi connectivity index (χ2n) is 3.80. The van der Waals surface area contributed by atoms with Gasteiger partial charge in [0.25, 0.3) is 5.91 Å². The fourth-order valence-electron chi connectivity index (χ4n) is 1.44. The maximum atomic E-state index is 12.8. The van der Waals surface area contributed by atoms with Gasteiger partial charge in [0, 0.05) is 24.4 Å². The molecule has 0 radical (unpaired) electrons. The molecule has 0 bridgehead atoms. The Hall–Kier alpha value is -2.84. The fraction of sp³-hybridized carbons (Fsp3) is 0.182. The van der Waals surface area contributed by atoms with Crippen molar-refractivity contribution < 1.29 is 19.1 Å². The van der Waals surface area contributed by atoms with Crippen LogP contribution in [0.2, 0.25) is 0 Å². The smallest absolute Gasteiger partial charge is 0.358 e. The topological polar surface area (TPSA) is 110 Å². The molecule has 0 saturated heterocycles. The second kappa shape index (κ2) is 5.87. The van der Waals surface area contributed by atoms with Crippen molar-refractivity contribution in [1.29, 1.82) is 0 Å².